The van der Waals surface area contributed by atoms with Gasteiger partial charge in [-0.25, -0.2) is 4.79 Å². The van der Waals surface area contributed by atoms with E-state index < -0.39 is 12.1 Å². The molecule has 0 aliphatic heterocycles. The van der Waals surface area contributed by atoms with Gasteiger partial charge in [0, 0.05) is 6.54 Å². The Labute approximate surface area is 142 Å². The van der Waals surface area contributed by atoms with Gasteiger partial charge < -0.3 is 15.4 Å². The Morgan fingerprint density at radius 3 is 2.42 bits per heavy atom. The Kier molecular flexibility index (Phi) is 6.37. The summed E-state index contributed by atoms with van der Waals surface area (Å²) in [7, 11) is 0. The minimum absolute atomic E-state index is 0.171. The van der Waals surface area contributed by atoms with Crippen LogP contribution < -0.4 is 10.6 Å². The average molecular weight is 326 g/mol. The largest absolute Gasteiger partial charge is 0.445 e. The Bertz CT molecular complexity index is 686. The molecule has 0 spiro atoms. The van der Waals surface area contributed by atoms with E-state index in [9.17, 15) is 9.59 Å². The number of amides is 2. The Balaban J connectivity index is 1.74. The molecule has 2 N–H and O–H groups in total. The third-order valence-corrected chi connectivity index (χ3v) is 3.65. The van der Waals surface area contributed by atoms with Crippen LogP contribution in [0.3, 0.4) is 0 Å². The number of ether oxygens (including phenoxy) is 1. The molecule has 0 saturated carbocycles. The van der Waals surface area contributed by atoms with Crippen LogP contribution in [0.1, 0.15) is 23.6 Å². The van der Waals surface area contributed by atoms with Crippen molar-refractivity contribution < 1.29 is 14.3 Å². The molecule has 0 fully saturated rings. The van der Waals surface area contributed by atoms with E-state index in [0.29, 0.717) is 6.54 Å². The van der Waals surface area contributed by atoms with Gasteiger partial charge in [-0.1, -0.05) is 54.6 Å². The van der Waals surface area contributed by atoms with E-state index in [1.165, 1.54) is 0 Å². The standard InChI is InChI=1S/C19H22N2O3/c1-14-8-6-7-11-17(14)12-20-18(22)15(2)21-19(23)24-13-16-9-4-3-5-10-16/h3-11,15H,12-13H2,1-2H3,(H,20,22)(H,21,23)/t15-/m0/s1. The molecule has 0 radical (unpaired) electrons. The van der Waals surface area contributed by atoms with E-state index in [1.54, 1.807) is 6.92 Å². The normalized spacial score (nSPS) is 11.4. The zero-order valence-electron chi connectivity index (χ0n) is 13.9. The summed E-state index contributed by atoms with van der Waals surface area (Å²) in [6.07, 6.45) is -0.614. The Morgan fingerprint density at radius 1 is 1.04 bits per heavy atom. The van der Waals surface area contributed by atoms with Gasteiger partial charge in [-0.2, -0.15) is 0 Å². The quantitative estimate of drug-likeness (QED) is 0.857. The van der Waals surface area contributed by atoms with Crippen molar-refractivity contribution in [3.8, 4) is 0 Å². The lowest BCUT2D eigenvalue weighted by Crippen LogP contribution is -2.44. The van der Waals surface area contributed by atoms with E-state index in [1.807, 2.05) is 61.5 Å². The summed E-state index contributed by atoms with van der Waals surface area (Å²) in [5, 5.41) is 5.34. The molecule has 2 aromatic carbocycles. The topological polar surface area (TPSA) is 67.4 Å². The molecular weight excluding hydrogens is 304 g/mol. The van der Waals surface area contributed by atoms with Gasteiger partial charge in [-0.3, -0.25) is 4.79 Å². The second-order valence-electron chi connectivity index (χ2n) is 5.57. The molecular formula is C19H22N2O3. The van der Waals surface area contributed by atoms with Gasteiger partial charge in [-0.15, -0.1) is 0 Å². The van der Waals surface area contributed by atoms with Crippen molar-refractivity contribution in [3.63, 3.8) is 0 Å². The lowest BCUT2D eigenvalue weighted by molar-refractivity contribution is -0.122. The zero-order valence-corrected chi connectivity index (χ0v) is 13.9. The molecule has 0 aromatic heterocycles. The number of carbonyl (C=O) groups is 2. The van der Waals surface area contributed by atoms with Crippen LogP contribution in [-0.4, -0.2) is 18.0 Å². The second-order valence-corrected chi connectivity index (χ2v) is 5.57. The molecule has 126 valence electrons. The minimum Gasteiger partial charge on any atom is -0.445 e. The van der Waals surface area contributed by atoms with E-state index in [0.717, 1.165) is 16.7 Å². The van der Waals surface area contributed by atoms with Gasteiger partial charge in [0.2, 0.25) is 5.91 Å². The van der Waals surface area contributed by atoms with Crippen molar-refractivity contribution in [1.82, 2.24) is 10.6 Å². The molecule has 5 nitrogen and oxygen atoms in total. The number of nitrogens with one attached hydrogen (secondary N) is 2. The molecule has 0 saturated heterocycles. The Morgan fingerprint density at radius 2 is 1.71 bits per heavy atom. The molecule has 0 unspecified atom stereocenters. The summed E-state index contributed by atoms with van der Waals surface area (Å²) >= 11 is 0. The van der Waals surface area contributed by atoms with Crippen molar-refractivity contribution in [3.05, 3.63) is 71.3 Å². The number of aryl methyl sites for hydroxylation is 1. The number of alkyl carbamates (subject to hydrolysis) is 1. The van der Waals surface area contributed by atoms with Crippen LogP contribution in [0.5, 0.6) is 0 Å². The van der Waals surface area contributed by atoms with Gasteiger partial charge >= 0.3 is 6.09 Å². The molecule has 0 aliphatic rings. The van der Waals surface area contributed by atoms with Crippen molar-refractivity contribution in [1.29, 1.82) is 0 Å². The summed E-state index contributed by atoms with van der Waals surface area (Å²) in [6.45, 7) is 4.21. The summed E-state index contributed by atoms with van der Waals surface area (Å²) in [6, 6.07) is 16.5. The molecule has 0 heterocycles. The maximum absolute atomic E-state index is 12.1. The van der Waals surface area contributed by atoms with Gasteiger partial charge in [0.1, 0.15) is 12.6 Å². The van der Waals surface area contributed by atoms with Gasteiger partial charge in [0.15, 0.2) is 0 Å². The van der Waals surface area contributed by atoms with Gasteiger partial charge in [0.05, 0.1) is 0 Å². The lowest BCUT2D eigenvalue weighted by Gasteiger charge is -2.15. The fourth-order valence-corrected chi connectivity index (χ4v) is 2.15. The Hall–Kier alpha value is -2.82. The highest BCUT2D eigenvalue weighted by atomic mass is 16.5. The predicted molar refractivity (Wildman–Crippen MR) is 92.3 cm³/mol. The zero-order chi connectivity index (χ0) is 17.4. The second kappa shape index (κ2) is 8.72. The van der Waals surface area contributed by atoms with Crippen LogP contribution in [0, 0.1) is 6.92 Å². The lowest BCUT2D eigenvalue weighted by atomic mass is 10.1. The van der Waals surface area contributed by atoms with Crippen LogP contribution in [0.2, 0.25) is 0 Å². The third-order valence-electron chi connectivity index (χ3n) is 3.65. The van der Waals surface area contributed by atoms with Crippen molar-refractivity contribution in [2.45, 2.75) is 33.0 Å². The highest BCUT2D eigenvalue weighted by molar-refractivity contribution is 5.85. The first kappa shape index (κ1) is 17.5. The number of hydrogen-bond donors (Lipinski definition) is 2. The number of rotatable bonds is 6. The highest BCUT2D eigenvalue weighted by Crippen LogP contribution is 2.06. The molecule has 0 aliphatic carbocycles. The fraction of sp³-hybridized carbons (Fsp3) is 0.263. The smallest absolute Gasteiger partial charge is 0.408 e. The van der Waals surface area contributed by atoms with Crippen molar-refractivity contribution in [2.24, 2.45) is 0 Å². The van der Waals surface area contributed by atoms with Crippen molar-refractivity contribution in [2.75, 3.05) is 0 Å². The maximum atomic E-state index is 12.1. The number of benzene rings is 2. The molecule has 2 rings (SSSR count). The van der Waals surface area contributed by atoms with Crippen LogP contribution >= 0.6 is 0 Å². The van der Waals surface area contributed by atoms with E-state index >= 15 is 0 Å². The predicted octanol–water partition coefficient (Wildman–Crippen LogP) is 2.93. The maximum Gasteiger partial charge on any atom is 0.408 e. The van der Waals surface area contributed by atoms with Gasteiger partial charge in [0.25, 0.3) is 0 Å². The molecule has 24 heavy (non-hydrogen) atoms. The average Bonchev–Trinajstić information content (AvgIpc) is 2.60. The molecule has 1 atom stereocenters. The molecule has 5 heteroatoms. The summed E-state index contributed by atoms with van der Waals surface area (Å²) in [5.41, 5.74) is 3.05. The van der Waals surface area contributed by atoms with E-state index in [4.69, 9.17) is 4.74 Å². The third kappa shape index (κ3) is 5.43. The molecule has 0 bridgehead atoms. The summed E-state index contributed by atoms with van der Waals surface area (Å²) in [4.78, 5) is 23.8. The SMILES string of the molecule is Cc1ccccc1CNC(=O)[C@H](C)NC(=O)OCc1ccccc1. The first-order valence-corrected chi connectivity index (χ1v) is 7.85. The summed E-state index contributed by atoms with van der Waals surface area (Å²) < 4.78 is 5.10. The van der Waals surface area contributed by atoms with Crippen LogP contribution in [0.15, 0.2) is 54.6 Å². The van der Waals surface area contributed by atoms with Crippen LogP contribution in [0.25, 0.3) is 0 Å². The van der Waals surface area contributed by atoms with Gasteiger partial charge in [-0.05, 0) is 30.5 Å². The first-order valence-electron chi connectivity index (χ1n) is 7.85. The highest BCUT2D eigenvalue weighted by Gasteiger charge is 2.16. The number of hydrogen-bond acceptors (Lipinski definition) is 3. The van der Waals surface area contributed by atoms with E-state index in [2.05, 4.69) is 10.6 Å². The fourth-order valence-electron chi connectivity index (χ4n) is 2.15. The monoisotopic (exact) mass is 326 g/mol. The van der Waals surface area contributed by atoms with Crippen molar-refractivity contribution >= 4 is 12.0 Å². The van der Waals surface area contributed by atoms with Crippen LogP contribution in [0.4, 0.5) is 4.79 Å². The molecule has 2 amide bonds. The minimum atomic E-state index is -0.669. The van der Waals surface area contributed by atoms with Crippen LogP contribution in [-0.2, 0) is 22.7 Å². The summed E-state index contributed by atoms with van der Waals surface area (Å²) in [5.74, 6) is -0.255. The number of carbonyl (C=O) groups excluding carboxylic acids is 2. The molecule has 2 aromatic rings. The first-order chi connectivity index (χ1) is 11.6. The van der Waals surface area contributed by atoms with E-state index in [-0.39, 0.29) is 12.5 Å².